The molecule has 0 fully saturated rings. The third-order valence-corrected chi connectivity index (χ3v) is 4.65. The van der Waals surface area contributed by atoms with Crippen LogP contribution in [-0.2, 0) is 11.2 Å². The van der Waals surface area contributed by atoms with E-state index in [0.717, 1.165) is 16.3 Å². The molecule has 0 saturated carbocycles. The summed E-state index contributed by atoms with van der Waals surface area (Å²) in [5, 5.41) is 12.2. The van der Waals surface area contributed by atoms with Gasteiger partial charge in [0.1, 0.15) is 5.01 Å². The molecule has 0 atom stereocenters. The number of rotatable bonds is 4. The van der Waals surface area contributed by atoms with Crippen molar-refractivity contribution in [1.82, 2.24) is 9.97 Å². The van der Waals surface area contributed by atoms with Gasteiger partial charge in [0.05, 0.1) is 12.1 Å². The largest absolute Gasteiger partial charge is 0.302 e. The Balaban J connectivity index is 1.65. The molecule has 3 rings (SSSR count). The van der Waals surface area contributed by atoms with Crippen LogP contribution in [0.2, 0.25) is 0 Å². The molecule has 0 aliphatic heterocycles. The Morgan fingerprint density at radius 2 is 2.21 bits per heavy atom. The Morgan fingerprint density at radius 1 is 1.26 bits per heavy atom. The predicted molar refractivity (Wildman–Crippen MR) is 79.9 cm³/mol. The highest BCUT2D eigenvalue weighted by molar-refractivity contribution is 7.14. The summed E-state index contributed by atoms with van der Waals surface area (Å²) < 4.78 is 0. The van der Waals surface area contributed by atoms with Crippen molar-refractivity contribution < 1.29 is 4.79 Å². The monoisotopic (exact) mass is 307 g/mol. The Morgan fingerprint density at radius 3 is 2.95 bits per heavy atom. The van der Waals surface area contributed by atoms with Gasteiger partial charge in [-0.1, -0.05) is 0 Å². The molecule has 0 aliphatic rings. The Hall–Kier alpha value is -1.57. The van der Waals surface area contributed by atoms with E-state index in [9.17, 15) is 4.79 Å². The van der Waals surface area contributed by atoms with Crippen LogP contribution in [0.25, 0.3) is 10.6 Å². The average molecular weight is 307 g/mol. The lowest BCUT2D eigenvalue weighted by Crippen LogP contribution is -2.14. The smallest absolute Gasteiger partial charge is 0.232 e. The van der Waals surface area contributed by atoms with Crippen molar-refractivity contribution in [1.29, 1.82) is 0 Å². The molecule has 0 unspecified atom stereocenters. The molecular weight excluding hydrogens is 298 g/mol. The fourth-order valence-corrected chi connectivity index (χ4v) is 3.60. The van der Waals surface area contributed by atoms with Crippen molar-refractivity contribution >= 4 is 45.0 Å². The van der Waals surface area contributed by atoms with Crippen LogP contribution in [0.4, 0.5) is 5.13 Å². The first-order valence-electron chi connectivity index (χ1n) is 5.47. The summed E-state index contributed by atoms with van der Waals surface area (Å²) in [6.07, 6.45) is 1.94. The van der Waals surface area contributed by atoms with Crippen molar-refractivity contribution in [2.75, 3.05) is 5.32 Å². The van der Waals surface area contributed by atoms with E-state index in [-0.39, 0.29) is 12.3 Å². The number of thiazole rings is 2. The number of thiophene rings is 1. The van der Waals surface area contributed by atoms with E-state index in [4.69, 9.17) is 0 Å². The number of nitrogens with zero attached hydrogens (tertiary/aromatic N) is 2. The van der Waals surface area contributed by atoms with E-state index in [2.05, 4.69) is 20.7 Å². The van der Waals surface area contributed by atoms with E-state index in [1.165, 1.54) is 11.3 Å². The van der Waals surface area contributed by atoms with Gasteiger partial charge >= 0.3 is 0 Å². The topological polar surface area (TPSA) is 54.9 Å². The van der Waals surface area contributed by atoms with Gasteiger partial charge in [0, 0.05) is 27.9 Å². The summed E-state index contributed by atoms with van der Waals surface area (Å²) in [5.41, 5.74) is 1.90. The standard InChI is InChI=1S/C12H9N3OS3/c16-10(15-12-13-2-4-18-12)5-9-7-19-11(14-9)8-1-3-17-6-8/h1-4,6-7H,5H2,(H,13,15,16). The molecule has 0 bridgehead atoms. The summed E-state index contributed by atoms with van der Waals surface area (Å²) in [4.78, 5) is 20.3. The van der Waals surface area contributed by atoms with Gasteiger partial charge in [-0.2, -0.15) is 11.3 Å². The van der Waals surface area contributed by atoms with Crippen molar-refractivity contribution in [3.8, 4) is 10.6 Å². The number of carbonyl (C=O) groups excluding carboxylic acids is 1. The van der Waals surface area contributed by atoms with E-state index in [0.29, 0.717) is 5.13 Å². The van der Waals surface area contributed by atoms with Gasteiger partial charge in [0.25, 0.3) is 0 Å². The lowest BCUT2D eigenvalue weighted by molar-refractivity contribution is -0.115. The van der Waals surface area contributed by atoms with Gasteiger partial charge in [-0.25, -0.2) is 9.97 Å². The molecule has 0 saturated heterocycles. The van der Waals surface area contributed by atoms with E-state index >= 15 is 0 Å². The maximum absolute atomic E-state index is 11.8. The highest BCUT2D eigenvalue weighted by atomic mass is 32.1. The van der Waals surface area contributed by atoms with Gasteiger partial charge in [0.15, 0.2) is 5.13 Å². The van der Waals surface area contributed by atoms with Gasteiger partial charge < -0.3 is 5.32 Å². The molecule has 96 valence electrons. The predicted octanol–water partition coefficient (Wildman–Crippen LogP) is 3.51. The number of amides is 1. The second-order valence-corrected chi connectivity index (χ2v) is 6.25. The Labute approximate surface area is 121 Å². The molecule has 3 aromatic heterocycles. The van der Waals surface area contributed by atoms with Crippen LogP contribution in [0.1, 0.15) is 5.69 Å². The highest BCUT2D eigenvalue weighted by Crippen LogP contribution is 2.25. The molecule has 1 N–H and O–H groups in total. The summed E-state index contributed by atoms with van der Waals surface area (Å²) in [5.74, 6) is -0.0860. The quantitative estimate of drug-likeness (QED) is 0.802. The molecule has 0 radical (unpaired) electrons. The van der Waals surface area contributed by atoms with Crippen LogP contribution in [0, 0.1) is 0 Å². The average Bonchev–Trinajstić information content (AvgIpc) is 3.09. The van der Waals surface area contributed by atoms with Crippen molar-refractivity contribution in [2.24, 2.45) is 0 Å². The molecule has 3 heterocycles. The molecule has 1 amide bonds. The first-order chi connectivity index (χ1) is 9.31. The van der Waals surface area contributed by atoms with Crippen LogP contribution in [-0.4, -0.2) is 15.9 Å². The summed E-state index contributed by atoms with van der Waals surface area (Å²) in [6.45, 7) is 0. The number of aromatic nitrogens is 2. The number of carbonyl (C=O) groups is 1. The minimum atomic E-state index is -0.0860. The number of nitrogens with one attached hydrogen (secondary N) is 1. The molecule has 19 heavy (non-hydrogen) atoms. The molecule has 0 aromatic carbocycles. The second-order valence-electron chi connectivity index (χ2n) is 3.72. The van der Waals surface area contributed by atoms with E-state index in [1.807, 2.05) is 22.2 Å². The van der Waals surface area contributed by atoms with Crippen molar-refractivity contribution in [2.45, 2.75) is 6.42 Å². The van der Waals surface area contributed by atoms with E-state index in [1.54, 1.807) is 28.9 Å². The minimum Gasteiger partial charge on any atom is -0.302 e. The van der Waals surface area contributed by atoms with Crippen LogP contribution in [0.5, 0.6) is 0 Å². The highest BCUT2D eigenvalue weighted by Gasteiger charge is 2.10. The summed E-state index contributed by atoms with van der Waals surface area (Å²) >= 11 is 4.61. The maximum atomic E-state index is 11.8. The fourth-order valence-electron chi connectivity index (χ4n) is 1.52. The molecule has 4 nitrogen and oxygen atoms in total. The SMILES string of the molecule is O=C(Cc1csc(-c2ccsc2)n1)Nc1nccs1. The van der Waals surface area contributed by atoms with Gasteiger partial charge in [-0.15, -0.1) is 22.7 Å². The zero-order chi connectivity index (χ0) is 13.1. The Bertz CT molecular complexity index is 658. The summed E-state index contributed by atoms with van der Waals surface area (Å²) in [6, 6.07) is 2.03. The third-order valence-electron chi connectivity index (χ3n) is 2.34. The maximum Gasteiger partial charge on any atom is 0.232 e. The summed E-state index contributed by atoms with van der Waals surface area (Å²) in [7, 11) is 0. The van der Waals surface area contributed by atoms with Crippen LogP contribution in [0.3, 0.4) is 0 Å². The molecule has 0 spiro atoms. The minimum absolute atomic E-state index is 0.0860. The van der Waals surface area contributed by atoms with Gasteiger partial charge in [-0.05, 0) is 11.4 Å². The van der Waals surface area contributed by atoms with Gasteiger partial charge in [0.2, 0.25) is 5.91 Å². The molecule has 0 aliphatic carbocycles. The zero-order valence-corrected chi connectivity index (χ0v) is 12.1. The number of hydrogen-bond donors (Lipinski definition) is 1. The zero-order valence-electron chi connectivity index (χ0n) is 9.70. The lowest BCUT2D eigenvalue weighted by Gasteiger charge is -1.98. The fraction of sp³-hybridized carbons (Fsp3) is 0.0833. The molecule has 7 heteroatoms. The van der Waals surface area contributed by atoms with Crippen molar-refractivity contribution in [3.63, 3.8) is 0 Å². The first kappa shape index (κ1) is 12.5. The Kier molecular flexibility index (Phi) is 3.67. The van der Waals surface area contributed by atoms with Gasteiger partial charge in [-0.3, -0.25) is 4.79 Å². The van der Waals surface area contributed by atoms with Crippen LogP contribution in [0.15, 0.2) is 33.8 Å². The normalized spacial score (nSPS) is 10.5. The molecule has 3 aromatic rings. The third kappa shape index (κ3) is 3.06. The van der Waals surface area contributed by atoms with Crippen LogP contribution >= 0.6 is 34.0 Å². The van der Waals surface area contributed by atoms with Crippen molar-refractivity contribution in [3.05, 3.63) is 39.5 Å². The van der Waals surface area contributed by atoms with E-state index < -0.39 is 0 Å². The lowest BCUT2D eigenvalue weighted by atomic mass is 10.3. The van der Waals surface area contributed by atoms with Crippen LogP contribution < -0.4 is 5.32 Å². The number of hydrogen-bond acceptors (Lipinski definition) is 6. The number of anilines is 1. The first-order valence-corrected chi connectivity index (χ1v) is 8.18. The molecular formula is C12H9N3OS3. The second kappa shape index (κ2) is 5.60.